The molecule has 0 bridgehead atoms. The van der Waals surface area contributed by atoms with Crippen LogP contribution >= 0.6 is 0 Å². The van der Waals surface area contributed by atoms with Gasteiger partial charge in [-0.2, -0.15) is 0 Å². The third-order valence-electron chi connectivity index (χ3n) is 1.06. The molecular weight excluding hydrogens is 144 g/mol. The second-order valence-electron chi connectivity index (χ2n) is 2.45. The van der Waals surface area contributed by atoms with Crippen LogP contribution < -0.4 is 0 Å². The van der Waals surface area contributed by atoms with Crippen molar-refractivity contribution in [1.82, 2.24) is 0 Å². The van der Waals surface area contributed by atoms with Gasteiger partial charge in [-0.15, -0.1) is 0 Å². The van der Waals surface area contributed by atoms with E-state index in [1.807, 2.05) is 19.1 Å². The summed E-state index contributed by atoms with van der Waals surface area (Å²) in [6, 6.07) is 0. The quantitative estimate of drug-likeness (QED) is 0.358. The summed E-state index contributed by atoms with van der Waals surface area (Å²) >= 11 is 0. The maximum absolute atomic E-state index is 8.68. The standard InChI is InChI=1S/C8H16O3/c1-3-4-5-6-7-11-8(2,9)10/h4-5,9-10H,3,6-7H2,1-2H3/b5-4-. The van der Waals surface area contributed by atoms with E-state index in [1.165, 1.54) is 6.92 Å². The fraction of sp³-hybridized carbons (Fsp3) is 0.750. The molecule has 2 N–H and O–H groups in total. The van der Waals surface area contributed by atoms with Gasteiger partial charge < -0.3 is 14.9 Å². The first-order chi connectivity index (χ1) is 5.06. The number of aliphatic hydroxyl groups is 2. The lowest BCUT2D eigenvalue weighted by atomic mass is 10.3. The van der Waals surface area contributed by atoms with E-state index >= 15 is 0 Å². The van der Waals surface area contributed by atoms with Crippen molar-refractivity contribution in [2.24, 2.45) is 0 Å². The maximum atomic E-state index is 8.68. The molecule has 0 radical (unpaired) electrons. The predicted molar refractivity (Wildman–Crippen MR) is 42.8 cm³/mol. The Labute approximate surface area is 67.3 Å². The second-order valence-corrected chi connectivity index (χ2v) is 2.45. The highest BCUT2D eigenvalue weighted by atomic mass is 16.8. The largest absolute Gasteiger partial charge is 0.344 e. The first-order valence-electron chi connectivity index (χ1n) is 3.80. The molecule has 0 atom stereocenters. The van der Waals surface area contributed by atoms with Gasteiger partial charge in [-0.3, -0.25) is 0 Å². The Morgan fingerprint density at radius 2 is 2.00 bits per heavy atom. The Bertz CT molecular complexity index is 113. The van der Waals surface area contributed by atoms with Crippen LogP contribution in [0.25, 0.3) is 0 Å². The van der Waals surface area contributed by atoms with Crippen molar-refractivity contribution in [2.75, 3.05) is 6.61 Å². The van der Waals surface area contributed by atoms with Gasteiger partial charge in [0.1, 0.15) is 0 Å². The fourth-order valence-electron chi connectivity index (χ4n) is 0.605. The van der Waals surface area contributed by atoms with E-state index in [9.17, 15) is 0 Å². The zero-order chi connectivity index (χ0) is 8.74. The van der Waals surface area contributed by atoms with Gasteiger partial charge in [-0.1, -0.05) is 19.1 Å². The summed E-state index contributed by atoms with van der Waals surface area (Å²) in [7, 11) is 0. The molecule has 0 rings (SSSR count). The minimum atomic E-state index is -1.99. The van der Waals surface area contributed by atoms with E-state index < -0.39 is 5.97 Å². The molecule has 0 aromatic rings. The minimum absolute atomic E-state index is 0.333. The highest BCUT2D eigenvalue weighted by Gasteiger charge is 2.13. The maximum Gasteiger partial charge on any atom is 0.274 e. The third-order valence-corrected chi connectivity index (χ3v) is 1.06. The van der Waals surface area contributed by atoms with E-state index in [-0.39, 0.29) is 0 Å². The van der Waals surface area contributed by atoms with Crippen LogP contribution in [0, 0.1) is 0 Å². The Morgan fingerprint density at radius 3 is 2.45 bits per heavy atom. The Morgan fingerprint density at radius 1 is 1.36 bits per heavy atom. The monoisotopic (exact) mass is 160 g/mol. The van der Waals surface area contributed by atoms with Crippen molar-refractivity contribution >= 4 is 0 Å². The zero-order valence-corrected chi connectivity index (χ0v) is 7.08. The molecule has 0 aliphatic heterocycles. The van der Waals surface area contributed by atoms with Gasteiger partial charge >= 0.3 is 0 Å². The van der Waals surface area contributed by atoms with E-state index in [0.29, 0.717) is 13.0 Å². The molecular formula is C8H16O3. The lowest BCUT2D eigenvalue weighted by molar-refractivity contribution is -0.324. The van der Waals surface area contributed by atoms with Gasteiger partial charge in [0.25, 0.3) is 5.97 Å². The molecule has 0 aliphatic rings. The molecule has 0 heterocycles. The molecule has 0 amide bonds. The lowest BCUT2D eigenvalue weighted by Gasteiger charge is -2.15. The number of ether oxygens (including phenoxy) is 1. The molecule has 0 fully saturated rings. The van der Waals surface area contributed by atoms with Crippen LogP contribution in [-0.4, -0.2) is 22.8 Å². The van der Waals surface area contributed by atoms with Gasteiger partial charge in [-0.25, -0.2) is 0 Å². The van der Waals surface area contributed by atoms with Crippen LogP contribution in [-0.2, 0) is 4.74 Å². The lowest BCUT2D eigenvalue weighted by Crippen LogP contribution is -2.27. The Balaban J connectivity index is 3.21. The first-order valence-corrected chi connectivity index (χ1v) is 3.80. The molecule has 3 heteroatoms. The topological polar surface area (TPSA) is 49.7 Å². The van der Waals surface area contributed by atoms with Crippen LogP contribution in [0.1, 0.15) is 26.7 Å². The molecule has 11 heavy (non-hydrogen) atoms. The molecule has 0 spiro atoms. The minimum Gasteiger partial charge on any atom is -0.344 e. The highest BCUT2D eigenvalue weighted by Crippen LogP contribution is 2.00. The van der Waals surface area contributed by atoms with E-state index in [0.717, 1.165) is 6.42 Å². The second kappa shape index (κ2) is 5.29. The molecule has 66 valence electrons. The molecule has 0 aromatic carbocycles. The van der Waals surface area contributed by atoms with Gasteiger partial charge in [0, 0.05) is 6.92 Å². The smallest absolute Gasteiger partial charge is 0.274 e. The summed E-state index contributed by atoms with van der Waals surface area (Å²) in [6.45, 7) is 3.57. The number of allylic oxidation sites excluding steroid dienone is 1. The average molecular weight is 160 g/mol. The molecule has 3 nitrogen and oxygen atoms in total. The van der Waals surface area contributed by atoms with Gasteiger partial charge in [0.2, 0.25) is 0 Å². The van der Waals surface area contributed by atoms with Crippen molar-refractivity contribution in [3.05, 3.63) is 12.2 Å². The normalized spacial score (nSPS) is 12.7. The van der Waals surface area contributed by atoms with Crippen molar-refractivity contribution < 1.29 is 14.9 Å². The average Bonchev–Trinajstić information content (AvgIpc) is 1.85. The van der Waals surface area contributed by atoms with E-state index in [2.05, 4.69) is 4.74 Å². The van der Waals surface area contributed by atoms with Gasteiger partial charge in [-0.05, 0) is 12.8 Å². The van der Waals surface area contributed by atoms with E-state index in [4.69, 9.17) is 10.2 Å². The Hall–Kier alpha value is -0.380. The van der Waals surface area contributed by atoms with Crippen LogP contribution in [0.2, 0.25) is 0 Å². The van der Waals surface area contributed by atoms with Gasteiger partial charge in [0.15, 0.2) is 0 Å². The van der Waals surface area contributed by atoms with Crippen LogP contribution in [0.5, 0.6) is 0 Å². The number of hydrogen-bond acceptors (Lipinski definition) is 3. The summed E-state index contributed by atoms with van der Waals surface area (Å²) in [5, 5.41) is 17.4. The summed E-state index contributed by atoms with van der Waals surface area (Å²) < 4.78 is 4.64. The van der Waals surface area contributed by atoms with Crippen molar-refractivity contribution in [1.29, 1.82) is 0 Å². The summed E-state index contributed by atoms with van der Waals surface area (Å²) in [6.07, 6.45) is 5.67. The fourth-order valence-corrected chi connectivity index (χ4v) is 0.605. The summed E-state index contributed by atoms with van der Waals surface area (Å²) in [5.41, 5.74) is 0. The number of hydrogen-bond donors (Lipinski definition) is 2. The Kier molecular flexibility index (Phi) is 5.11. The molecule has 0 aromatic heterocycles. The molecule has 0 aliphatic carbocycles. The van der Waals surface area contributed by atoms with Crippen molar-refractivity contribution in [3.8, 4) is 0 Å². The zero-order valence-electron chi connectivity index (χ0n) is 7.08. The molecule has 0 saturated carbocycles. The molecule has 0 saturated heterocycles. The summed E-state index contributed by atoms with van der Waals surface area (Å²) in [4.78, 5) is 0. The van der Waals surface area contributed by atoms with Crippen LogP contribution in [0.4, 0.5) is 0 Å². The van der Waals surface area contributed by atoms with Crippen molar-refractivity contribution in [3.63, 3.8) is 0 Å². The van der Waals surface area contributed by atoms with E-state index in [1.54, 1.807) is 0 Å². The third kappa shape index (κ3) is 9.62. The number of rotatable bonds is 5. The van der Waals surface area contributed by atoms with Crippen molar-refractivity contribution in [2.45, 2.75) is 32.7 Å². The summed E-state index contributed by atoms with van der Waals surface area (Å²) in [5.74, 6) is -1.99. The van der Waals surface area contributed by atoms with Gasteiger partial charge in [0.05, 0.1) is 6.61 Å². The van der Waals surface area contributed by atoms with Crippen LogP contribution in [0.3, 0.4) is 0 Å². The van der Waals surface area contributed by atoms with Crippen LogP contribution in [0.15, 0.2) is 12.2 Å². The highest BCUT2D eigenvalue weighted by molar-refractivity contribution is 4.79. The molecule has 0 unspecified atom stereocenters. The SMILES string of the molecule is CC/C=C\CCOC(C)(O)O. The first kappa shape index (κ1) is 10.6. The predicted octanol–water partition coefficient (Wildman–Crippen LogP) is 1.02.